The highest BCUT2D eigenvalue weighted by atomic mass is 16.4. The van der Waals surface area contributed by atoms with E-state index >= 15 is 0 Å². The van der Waals surface area contributed by atoms with Crippen LogP contribution in [-0.2, 0) is 4.79 Å². The summed E-state index contributed by atoms with van der Waals surface area (Å²) in [5.41, 5.74) is 8.84. The van der Waals surface area contributed by atoms with Gasteiger partial charge in [0.15, 0.2) is 5.96 Å². The molecule has 0 aromatic heterocycles. The highest BCUT2D eigenvalue weighted by Crippen LogP contribution is 2.03. The number of carboxylic acids is 1. The van der Waals surface area contributed by atoms with E-state index in [9.17, 15) is 9.90 Å². The predicted molar refractivity (Wildman–Crippen MR) is 44.3 cm³/mol. The van der Waals surface area contributed by atoms with Gasteiger partial charge in [0.2, 0.25) is 0 Å². The van der Waals surface area contributed by atoms with Crippen LogP contribution in [-0.4, -0.2) is 30.6 Å². The number of carboxylic acid groups (broad SMARTS) is 1. The number of nitrogens with zero attached hydrogens (tertiary/aromatic N) is 1. The molecule has 0 aromatic carbocycles. The Bertz CT molecular complexity index is 229. The molecule has 2 atom stereocenters. The van der Waals surface area contributed by atoms with E-state index in [1.165, 1.54) is 0 Å². The van der Waals surface area contributed by atoms with Gasteiger partial charge < -0.3 is 26.7 Å². The Balaban J connectivity index is 2.17. The number of carbonyl (C=O) groups excluding carboxylic acids is 1. The Morgan fingerprint density at radius 1 is 1.92 bits per heavy atom. The predicted octanol–water partition coefficient (Wildman–Crippen LogP) is -3.59. The summed E-state index contributed by atoms with van der Waals surface area (Å²) in [4.78, 5) is 14.3. The number of carbonyl (C=O) groups is 1. The third kappa shape index (κ3) is 2.90. The average molecular weight is 186 g/mol. The topological polar surface area (TPSA) is 118 Å². The molecule has 1 rings (SSSR count). The van der Waals surface area contributed by atoms with Crippen molar-refractivity contribution >= 4 is 11.9 Å². The minimum Gasteiger partial charge on any atom is -0.544 e. The van der Waals surface area contributed by atoms with Crippen molar-refractivity contribution in [2.45, 2.75) is 24.9 Å². The van der Waals surface area contributed by atoms with Gasteiger partial charge >= 0.3 is 0 Å². The smallest absolute Gasteiger partial charge is 0.188 e. The number of nitrogens with one attached hydrogen (secondary N) is 1. The first kappa shape index (κ1) is 9.79. The van der Waals surface area contributed by atoms with Crippen LogP contribution in [0.5, 0.6) is 0 Å². The van der Waals surface area contributed by atoms with Crippen molar-refractivity contribution in [2.24, 2.45) is 10.7 Å². The van der Waals surface area contributed by atoms with E-state index in [4.69, 9.17) is 5.73 Å². The Morgan fingerprint density at radius 3 is 3.08 bits per heavy atom. The number of guanidine groups is 1. The van der Waals surface area contributed by atoms with Crippen molar-refractivity contribution in [2.75, 3.05) is 6.54 Å². The van der Waals surface area contributed by atoms with Gasteiger partial charge in [-0.25, -0.2) is 0 Å². The SMILES string of the molecule is NC1=NCC(CCC([NH3+])C(=O)[O-])N1. The molecule has 6 nitrogen and oxygen atoms in total. The average Bonchev–Trinajstić information content (AvgIpc) is 2.47. The molecule has 0 radical (unpaired) electrons. The molecule has 1 heterocycles. The summed E-state index contributed by atoms with van der Waals surface area (Å²) in [5.74, 6) is -0.675. The molecule has 0 saturated heterocycles. The number of rotatable bonds is 4. The van der Waals surface area contributed by atoms with Gasteiger partial charge in [-0.15, -0.1) is 0 Å². The van der Waals surface area contributed by atoms with Crippen molar-refractivity contribution < 1.29 is 15.6 Å². The van der Waals surface area contributed by atoms with E-state index in [-0.39, 0.29) is 6.04 Å². The molecule has 0 bridgehead atoms. The van der Waals surface area contributed by atoms with Crippen LogP contribution >= 0.6 is 0 Å². The van der Waals surface area contributed by atoms with Gasteiger partial charge in [-0.2, -0.15) is 0 Å². The normalized spacial score (nSPS) is 23.5. The van der Waals surface area contributed by atoms with E-state index in [1.807, 2.05) is 0 Å². The maximum atomic E-state index is 10.3. The molecule has 0 fully saturated rings. The molecule has 2 unspecified atom stereocenters. The highest BCUT2D eigenvalue weighted by Gasteiger charge is 2.17. The third-order valence-corrected chi connectivity index (χ3v) is 2.03. The number of aliphatic imine (C=N–C) groups is 1. The largest absolute Gasteiger partial charge is 0.544 e. The van der Waals surface area contributed by atoms with Crippen molar-refractivity contribution in [1.29, 1.82) is 0 Å². The molecule has 6 heteroatoms. The standard InChI is InChI=1S/C7H14N4O2/c8-5(6(12)13)2-1-4-3-10-7(9)11-4/h4-5H,1-3,8H2,(H,12,13)(H3,9,10,11). The van der Waals surface area contributed by atoms with Gasteiger partial charge in [0.1, 0.15) is 6.04 Å². The minimum atomic E-state index is -1.10. The van der Waals surface area contributed by atoms with Crippen LogP contribution in [0, 0.1) is 0 Å². The maximum absolute atomic E-state index is 10.3. The first-order valence-corrected chi connectivity index (χ1v) is 4.20. The van der Waals surface area contributed by atoms with Crippen LogP contribution in [0.1, 0.15) is 12.8 Å². The molecule has 0 aliphatic carbocycles. The van der Waals surface area contributed by atoms with E-state index in [2.05, 4.69) is 16.0 Å². The molecule has 0 amide bonds. The van der Waals surface area contributed by atoms with Gasteiger partial charge in [-0.3, -0.25) is 4.99 Å². The van der Waals surface area contributed by atoms with Crippen LogP contribution in [0.2, 0.25) is 0 Å². The molecule has 0 saturated carbocycles. The zero-order valence-electron chi connectivity index (χ0n) is 7.32. The lowest BCUT2D eigenvalue weighted by Crippen LogP contribution is -2.68. The van der Waals surface area contributed by atoms with Crippen molar-refractivity contribution in [3.63, 3.8) is 0 Å². The molecule has 1 aliphatic heterocycles. The number of hydrogen-bond donors (Lipinski definition) is 3. The summed E-state index contributed by atoms with van der Waals surface area (Å²) >= 11 is 0. The Hall–Kier alpha value is -1.30. The summed E-state index contributed by atoms with van der Waals surface area (Å²) in [6.07, 6.45) is 1.19. The van der Waals surface area contributed by atoms with Crippen LogP contribution < -0.4 is 21.9 Å². The third-order valence-electron chi connectivity index (χ3n) is 2.03. The Labute approximate surface area is 76.0 Å². The van der Waals surface area contributed by atoms with Crippen LogP contribution in [0.25, 0.3) is 0 Å². The fourth-order valence-electron chi connectivity index (χ4n) is 1.19. The second-order valence-electron chi connectivity index (χ2n) is 3.16. The molecule has 1 aliphatic rings. The zero-order chi connectivity index (χ0) is 9.84. The van der Waals surface area contributed by atoms with Gasteiger partial charge in [-0.1, -0.05) is 0 Å². The zero-order valence-corrected chi connectivity index (χ0v) is 7.32. The lowest BCUT2D eigenvalue weighted by Gasteiger charge is -2.13. The molecular formula is C7H14N4O2. The summed E-state index contributed by atoms with van der Waals surface area (Å²) in [5, 5.41) is 13.3. The molecule has 0 spiro atoms. The van der Waals surface area contributed by atoms with Gasteiger partial charge in [-0.05, 0) is 6.42 Å². The number of nitrogens with two attached hydrogens (primary N) is 1. The van der Waals surface area contributed by atoms with Crippen LogP contribution in [0.15, 0.2) is 4.99 Å². The van der Waals surface area contributed by atoms with E-state index in [0.29, 0.717) is 25.3 Å². The fourth-order valence-corrected chi connectivity index (χ4v) is 1.19. The van der Waals surface area contributed by atoms with Crippen molar-refractivity contribution in [1.82, 2.24) is 5.32 Å². The van der Waals surface area contributed by atoms with Gasteiger partial charge in [0, 0.05) is 12.5 Å². The van der Waals surface area contributed by atoms with E-state index < -0.39 is 12.0 Å². The van der Waals surface area contributed by atoms with E-state index in [1.54, 1.807) is 0 Å². The van der Waals surface area contributed by atoms with E-state index in [0.717, 1.165) is 0 Å². The molecule has 6 N–H and O–H groups in total. The van der Waals surface area contributed by atoms with Crippen molar-refractivity contribution in [3.8, 4) is 0 Å². The monoisotopic (exact) mass is 186 g/mol. The van der Waals surface area contributed by atoms with Crippen LogP contribution in [0.4, 0.5) is 0 Å². The number of hydrogen-bond acceptors (Lipinski definition) is 5. The molecular weight excluding hydrogens is 172 g/mol. The van der Waals surface area contributed by atoms with Gasteiger partial charge in [0.05, 0.1) is 12.5 Å². The summed E-state index contributed by atoms with van der Waals surface area (Å²) in [6.45, 7) is 0.617. The maximum Gasteiger partial charge on any atom is 0.188 e. The number of aliphatic carboxylic acids is 1. The summed E-state index contributed by atoms with van der Waals surface area (Å²) in [7, 11) is 0. The Morgan fingerprint density at radius 2 is 2.62 bits per heavy atom. The second kappa shape index (κ2) is 4.08. The highest BCUT2D eigenvalue weighted by molar-refractivity contribution is 5.79. The van der Waals surface area contributed by atoms with Gasteiger partial charge in [0.25, 0.3) is 0 Å². The first-order valence-electron chi connectivity index (χ1n) is 4.20. The molecule has 13 heavy (non-hydrogen) atoms. The van der Waals surface area contributed by atoms with Crippen LogP contribution in [0.3, 0.4) is 0 Å². The Kier molecular flexibility index (Phi) is 3.07. The number of quaternary nitrogens is 1. The minimum absolute atomic E-state index is 0.156. The lowest BCUT2D eigenvalue weighted by molar-refractivity contribution is -0.438. The summed E-state index contributed by atoms with van der Waals surface area (Å²) in [6, 6.07) is -0.493. The van der Waals surface area contributed by atoms with Crippen molar-refractivity contribution in [3.05, 3.63) is 0 Å². The molecule has 0 aromatic rings. The quantitative estimate of drug-likeness (QED) is 0.420. The second-order valence-corrected chi connectivity index (χ2v) is 3.16. The summed E-state index contributed by atoms with van der Waals surface area (Å²) < 4.78 is 0. The molecule has 74 valence electrons. The lowest BCUT2D eigenvalue weighted by atomic mass is 10.1. The fraction of sp³-hybridized carbons (Fsp3) is 0.714. The first-order chi connectivity index (χ1) is 6.09.